The fraction of sp³-hybridized carbons (Fsp3) is 0.455. The second-order valence-electron chi connectivity index (χ2n) is 3.77. The third-order valence-corrected chi connectivity index (χ3v) is 2.89. The van der Waals surface area contributed by atoms with Gasteiger partial charge >= 0.3 is 0 Å². The number of rotatable bonds is 3. The van der Waals surface area contributed by atoms with E-state index in [1.54, 1.807) is 0 Å². The minimum absolute atomic E-state index is 0.352. The predicted molar refractivity (Wildman–Crippen MR) is 57.6 cm³/mol. The molecule has 1 saturated carbocycles. The van der Waals surface area contributed by atoms with Gasteiger partial charge in [0.1, 0.15) is 5.75 Å². The summed E-state index contributed by atoms with van der Waals surface area (Å²) in [4.78, 5) is 0. The summed E-state index contributed by atoms with van der Waals surface area (Å²) in [5, 5.41) is 0.741. The van der Waals surface area contributed by atoms with Crippen LogP contribution in [0, 0.1) is 5.92 Å². The largest absolute Gasteiger partial charge is 0.490 e. The van der Waals surface area contributed by atoms with Crippen molar-refractivity contribution in [3.05, 3.63) is 29.3 Å². The second-order valence-corrected chi connectivity index (χ2v) is 4.20. The number of benzene rings is 1. The molecule has 1 fully saturated rings. The van der Waals surface area contributed by atoms with E-state index in [2.05, 4.69) is 0 Å². The highest BCUT2D eigenvalue weighted by atomic mass is 35.5. The highest BCUT2D eigenvalue weighted by Gasteiger charge is 2.29. The van der Waals surface area contributed by atoms with Crippen molar-refractivity contribution in [2.24, 2.45) is 11.7 Å². The van der Waals surface area contributed by atoms with Gasteiger partial charge in [0.2, 0.25) is 0 Å². The molecule has 2 rings (SSSR count). The lowest BCUT2D eigenvalue weighted by Crippen LogP contribution is -2.37. The lowest BCUT2D eigenvalue weighted by molar-refractivity contribution is 0.0690. The molecule has 3 heteroatoms. The van der Waals surface area contributed by atoms with E-state index >= 15 is 0 Å². The van der Waals surface area contributed by atoms with Crippen LogP contribution in [0.2, 0.25) is 5.02 Å². The molecule has 2 N–H and O–H groups in total. The summed E-state index contributed by atoms with van der Waals surface area (Å²) in [6.07, 6.45) is 2.52. The van der Waals surface area contributed by atoms with Crippen molar-refractivity contribution in [3.8, 4) is 5.75 Å². The summed E-state index contributed by atoms with van der Waals surface area (Å²) in [6.45, 7) is 0.778. The molecule has 1 aliphatic carbocycles. The van der Waals surface area contributed by atoms with Gasteiger partial charge in [0, 0.05) is 5.02 Å². The zero-order chi connectivity index (χ0) is 9.97. The molecule has 0 aromatic heterocycles. The summed E-state index contributed by atoms with van der Waals surface area (Å²) in [5.41, 5.74) is 5.54. The molecule has 0 bridgehead atoms. The van der Waals surface area contributed by atoms with Gasteiger partial charge in [0.05, 0.1) is 6.10 Å². The Labute approximate surface area is 89.0 Å². The van der Waals surface area contributed by atoms with Crippen LogP contribution in [0.15, 0.2) is 24.3 Å². The van der Waals surface area contributed by atoms with E-state index in [-0.39, 0.29) is 0 Å². The molecule has 76 valence electrons. The van der Waals surface area contributed by atoms with Crippen molar-refractivity contribution in [3.63, 3.8) is 0 Å². The van der Waals surface area contributed by atoms with Crippen molar-refractivity contribution in [2.75, 3.05) is 6.54 Å². The molecule has 2 nitrogen and oxygen atoms in total. The minimum Gasteiger partial charge on any atom is -0.490 e. The third-order valence-electron chi connectivity index (χ3n) is 2.64. The first-order valence-electron chi connectivity index (χ1n) is 4.90. The topological polar surface area (TPSA) is 35.2 Å². The average Bonchev–Trinajstić information content (AvgIpc) is 2.13. The van der Waals surface area contributed by atoms with Crippen molar-refractivity contribution >= 4 is 11.6 Å². The maximum absolute atomic E-state index is 5.77. The molecule has 1 aromatic carbocycles. The molecule has 0 saturated heterocycles. The van der Waals surface area contributed by atoms with Crippen LogP contribution in [0.5, 0.6) is 5.75 Å². The van der Waals surface area contributed by atoms with E-state index in [0.717, 1.165) is 30.2 Å². The first-order chi connectivity index (χ1) is 6.78. The number of halogens is 1. The lowest BCUT2D eigenvalue weighted by Gasteiger charge is -2.34. The lowest BCUT2D eigenvalue weighted by atomic mass is 9.82. The fourth-order valence-corrected chi connectivity index (χ4v) is 1.79. The van der Waals surface area contributed by atoms with Crippen LogP contribution in [-0.4, -0.2) is 12.6 Å². The molecule has 0 radical (unpaired) electrons. The Hall–Kier alpha value is -0.730. The van der Waals surface area contributed by atoms with Crippen molar-refractivity contribution < 1.29 is 4.74 Å². The normalized spacial score (nSPS) is 25.6. The van der Waals surface area contributed by atoms with Crippen LogP contribution < -0.4 is 10.5 Å². The van der Waals surface area contributed by atoms with Crippen molar-refractivity contribution in [1.82, 2.24) is 0 Å². The van der Waals surface area contributed by atoms with Gasteiger partial charge in [0.15, 0.2) is 0 Å². The fourth-order valence-electron chi connectivity index (χ4n) is 1.67. The summed E-state index contributed by atoms with van der Waals surface area (Å²) in [6, 6.07) is 7.49. The summed E-state index contributed by atoms with van der Waals surface area (Å²) in [7, 11) is 0. The number of hydrogen-bond acceptors (Lipinski definition) is 2. The molecule has 1 aliphatic rings. The average molecular weight is 212 g/mol. The quantitative estimate of drug-likeness (QED) is 0.834. The number of ether oxygens (including phenoxy) is 1. The Balaban J connectivity index is 1.84. The van der Waals surface area contributed by atoms with Crippen LogP contribution >= 0.6 is 11.6 Å². The van der Waals surface area contributed by atoms with Crippen molar-refractivity contribution in [1.29, 1.82) is 0 Å². The van der Waals surface area contributed by atoms with Gasteiger partial charge in [-0.1, -0.05) is 11.6 Å². The van der Waals surface area contributed by atoms with Gasteiger partial charge in [-0.2, -0.15) is 0 Å². The maximum atomic E-state index is 5.77. The maximum Gasteiger partial charge on any atom is 0.119 e. The molecule has 0 amide bonds. The molecule has 0 aliphatic heterocycles. The van der Waals surface area contributed by atoms with Gasteiger partial charge < -0.3 is 10.5 Å². The second kappa shape index (κ2) is 4.20. The third kappa shape index (κ3) is 2.20. The highest BCUT2D eigenvalue weighted by Crippen LogP contribution is 2.30. The summed E-state index contributed by atoms with van der Waals surface area (Å²) in [5.74, 6) is 1.56. The van der Waals surface area contributed by atoms with Crippen LogP contribution in [0.4, 0.5) is 0 Å². The molecular formula is C11H14ClNO. The van der Waals surface area contributed by atoms with E-state index < -0.39 is 0 Å². The van der Waals surface area contributed by atoms with E-state index in [1.165, 1.54) is 0 Å². The van der Waals surface area contributed by atoms with E-state index in [0.29, 0.717) is 12.0 Å². The molecule has 0 spiro atoms. The van der Waals surface area contributed by atoms with Gasteiger partial charge in [0.25, 0.3) is 0 Å². The van der Waals surface area contributed by atoms with Crippen molar-refractivity contribution in [2.45, 2.75) is 18.9 Å². The van der Waals surface area contributed by atoms with E-state index in [9.17, 15) is 0 Å². The van der Waals surface area contributed by atoms with E-state index in [1.807, 2.05) is 24.3 Å². The SMILES string of the molecule is NC[C@H]1C[C@@H](Oc2ccc(Cl)cc2)C1. The molecule has 14 heavy (non-hydrogen) atoms. The standard InChI is InChI=1S/C11H14ClNO/c12-9-1-3-10(4-2-9)14-11-5-8(6-11)7-13/h1-4,8,11H,5-7,13H2/t8-,11+. The zero-order valence-electron chi connectivity index (χ0n) is 7.95. The predicted octanol–water partition coefficient (Wildman–Crippen LogP) is 2.46. The highest BCUT2D eigenvalue weighted by molar-refractivity contribution is 6.30. The number of hydrogen-bond donors (Lipinski definition) is 1. The first-order valence-corrected chi connectivity index (χ1v) is 5.28. The Morgan fingerprint density at radius 1 is 1.29 bits per heavy atom. The Bertz CT molecular complexity index is 293. The zero-order valence-corrected chi connectivity index (χ0v) is 8.70. The molecule has 0 heterocycles. The van der Waals surface area contributed by atoms with Crippen LogP contribution in [0.25, 0.3) is 0 Å². The summed E-state index contributed by atoms with van der Waals surface area (Å²) < 4.78 is 5.72. The molecule has 0 unspecified atom stereocenters. The first kappa shape index (κ1) is 9.81. The van der Waals surface area contributed by atoms with Gasteiger partial charge in [-0.25, -0.2) is 0 Å². The van der Waals surface area contributed by atoms with Crippen LogP contribution in [0.3, 0.4) is 0 Å². The monoisotopic (exact) mass is 211 g/mol. The van der Waals surface area contributed by atoms with Crippen LogP contribution in [0.1, 0.15) is 12.8 Å². The Morgan fingerprint density at radius 3 is 2.50 bits per heavy atom. The minimum atomic E-state index is 0.352. The van der Waals surface area contributed by atoms with E-state index in [4.69, 9.17) is 22.1 Å². The molecule has 1 aromatic rings. The Morgan fingerprint density at radius 2 is 1.93 bits per heavy atom. The van der Waals surface area contributed by atoms with Gasteiger partial charge in [-0.3, -0.25) is 0 Å². The molecule has 0 atom stereocenters. The Kier molecular flexibility index (Phi) is 2.94. The van der Waals surface area contributed by atoms with Gasteiger partial charge in [-0.15, -0.1) is 0 Å². The van der Waals surface area contributed by atoms with Crippen LogP contribution in [-0.2, 0) is 0 Å². The van der Waals surface area contributed by atoms with Gasteiger partial charge in [-0.05, 0) is 49.6 Å². The molecular weight excluding hydrogens is 198 g/mol. The number of nitrogens with two attached hydrogens (primary N) is 1. The smallest absolute Gasteiger partial charge is 0.119 e. The summed E-state index contributed by atoms with van der Waals surface area (Å²) >= 11 is 5.77.